The fourth-order valence-electron chi connectivity index (χ4n) is 1.62. The number of H-pyrrole nitrogens is 1. The van der Waals surface area contributed by atoms with Crippen LogP contribution < -0.4 is 11.3 Å². The normalized spacial score (nSPS) is 11.7. The number of nitrogens with two attached hydrogens (primary N) is 1. The summed E-state index contributed by atoms with van der Waals surface area (Å²) >= 11 is 0. The summed E-state index contributed by atoms with van der Waals surface area (Å²) in [7, 11) is -4.36. The average molecular weight is 269 g/mol. The van der Waals surface area contributed by atoms with Crippen LogP contribution in [0.5, 0.6) is 0 Å². The number of nitrogens with zero attached hydrogens (tertiary/aromatic N) is 1. The van der Waals surface area contributed by atoms with Crippen LogP contribution in [0.1, 0.15) is 5.69 Å². The van der Waals surface area contributed by atoms with E-state index in [9.17, 15) is 13.2 Å². The Morgan fingerprint density at radius 2 is 2.00 bits per heavy atom. The van der Waals surface area contributed by atoms with E-state index in [2.05, 4.69) is 5.10 Å². The van der Waals surface area contributed by atoms with E-state index in [4.69, 9.17) is 10.3 Å². The summed E-state index contributed by atoms with van der Waals surface area (Å²) in [6.07, 6.45) is 0. The number of anilines is 1. The molecule has 1 aromatic carbocycles. The number of nitrogen functional groups attached to an aromatic ring is 1. The van der Waals surface area contributed by atoms with Crippen LogP contribution in [0.15, 0.2) is 34.0 Å². The number of aryl methyl sites for hydroxylation is 1. The van der Waals surface area contributed by atoms with Gasteiger partial charge in [0, 0.05) is 11.8 Å². The highest BCUT2D eigenvalue weighted by Gasteiger charge is 2.14. The van der Waals surface area contributed by atoms with Crippen LogP contribution in [-0.2, 0) is 10.1 Å². The Bertz CT molecular complexity index is 758. The summed E-state index contributed by atoms with van der Waals surface area (Å²) in [6, 6.07) is 5.20. The molecule has 0 saturated carbocycles. The fourth-order valence-corrected chi connectivity index (χ4v) is 2.21. The largest absolute Gasteiger partial charge is 0.398 e. The summed E-state index contributed by atoms with van der Waals surface area (Å²) in [5, 5.41) is 2.78. The minimum atomic E-state index is -4.36. The topological polar surface area (TPSA) is 118 Å². The Hall–Kier alpha value is -2.06. The summed E-state index contributed by atoms with van der Waals surface area (Å²) in [6.45, 7) is 1.72. The van der Waals surface area contributed by atoms with Crippen LogP contribution in [0.2, 0.25) is 0 Å². The zero-order valence-corrected chi connectivity index (χ0v) is 10.2. The number of benzene rings is 1. The molecule has 1 aromatic heterocycles. The van der Waals surface area contributed by atoms with Crippen LogP contribution in [0, 0.1) is 6.92 Å². The van der Waals surface area contributed by atoms with E-state index in [-0.39, 0.29) is 16.1 Å². The predicted octanol–water partition coefficient (Wildman–Crippen LogP) is 0.303. The van der Waals surface area contributed by atoms with E-state index in [1.54, 1.807) is 6.92 Å². The predicted molar refractivity (Wildman–Crippen MR) is 65.4 cm³/mol. The molecular formula is C10H11N3O4S. The second kappa shape index (κ2) is 4.00. The average Bonchev–Trinajstić information content (AvgIpc) is 2.55. The van der Waals surface area contributed by atoms with Crippen molar-refractivity contribution in [3.63, 3.8) is 0 Å². The molecule has 0 amide bonds. The molecule has 4 N–H and O–H groups in total. The summed E-state index contributed by atoms with van der Waals surface area (Å²) in [5.74, 6) is 0. The van der Waals surface area contributed by atoms with Crippen molar-refractivity contribution in [1.29, 1.82) is 0 Å². The molecule has 8 heteroatoms. The first-order valence-corrected chi connectivity index (χ1v) is 6.39. The van der Waals surface area contributed by atoms with Crippen molar-refractivity contribution in [3.8, 4) is 5.69 Å². The molecule has 0 fully saturated rings. The van der Waals surface area contributed by atoms with Crippen molar-refractivity contribution in [2.75, 3.05) is 5.73 Å². The lowest BCUT2D eigenvalue weighted by atomic mass is 10.3. The van der Waals surface area contributed by atoms with Gasteiger partial charge in [-0.2, -0.15) is 8.42 Å². The SMILES string of the molecule is Cc1cc(=O)n(-c2ccc(S(=O)(=O)O)c(N)c2)[nH]1. The highest BCUT2D eigenvalue weighted by Crippen LogP contribution is 2.20. The monoisotopic (exact) mass is 269 g/mol. The van der Waals surface area contributed by atoms with E-state index < -0.39 is 10.1 Å². The van der Waals surface area contributed by atoms with Crippen molar-refractivity contribution in [2.24, 2.45) is 0 Å². The molecule has 0 spiro atoms. The first-order valence-electron chi connectivity index (χ1n) is 4.95. The van der Waals surface area contributed by atoms with Gasteiger partial charge in [0.15, 0.2) is 0 Å². The Labute approximate surface area is 103 Å². The molecule has 7 nitrogen and oxygen atoms in total. The van der Waals surface area contributed by atoms with Crippen molar-refractivity contribution < 1.29 is 13.0 Å². The van der Waals surface area contributed by atoms with Crippen molar-refractivity contribution >= 4 is 15.8 Å². The lowest BCUT2D eigenvalue weighted by molar-refractivity contribution is 0.483. The number of aromatic nitrogens is 2. The van der Waals surface area contributed by atoms with E-state index in [0.717, 1.165) is 6.07 Å². The molecule has 2 rings (SSSR count). The third-order valence-electron chi connectivity index (χ3n) is 2.38. The van der Waals surface area contributed by atoms with Crippen molar-refractivity contribution in [2.45, 2.75) is 11.8 Å². The molecule has 0 atom stereocenters. The van der Waals surface area contributed by atoms with Gasteiger partial charge in [-0.1, -0.05) is 0 Å². The van der Waals surface area contributed by atoms with Crippen molar-refractivity contribution in [1.82, 2.24) is 9.78 Å². The van der Waals surface area contributed by atoms with Gasteiger partial charge < -0.3 is 5.73 Å². The van der Waals surface area contributed by atoms with Gasteiger partial charge in [-0.15, -0.1) is 0 Å². The number of rotatable bonds is 2. The summed E-state index contributed by atoms with van der Waals surface area (Å²) < 4.78 is 32.1. The number of aromatic amines is 1. The lowest BCUT2D eigenvalue weighted by Crippen LogP contribution is -2.14. The van der Waals surface area contributed by atoms with Crippen LogP contribution in [0.25, 0.3) is 5.69 Å². The van der Waals surface area contributed by atoms with Gasteiger partial charge in [0.2, 0.25) is 0 Å². The van der Waals surface area contributed by atoms with E-state index in [1.807, 2.05) is 0 Å². The molecular weight excluding hydrogens is 258 g/mol. The first kappa shape index (κ1) is 12.4. The lowest BCUT2D eigenvalue weighted by Gasteiger charge is -2.06. The second-order valence-corrected chi connectivity index (χ2v) is 5.20. The third-order valence-corrected chi connectivity index (χ3v) is 3.31. The summed E-state index contributed by atoms with van der Waals surface area (Å²) in [4.78, 5) is 11.2. The van der Waals surface area contributed by atoms with Gasteiger partial charge in [-0.25, -0.2) is 4.68 Å². The molecule has 0 aliphatic carbocycles. The van der Waals surface area contributed by atoms with Crippen LogP contribution in [0.3, 0.4) is 0 Å². The standard InChI is InChI=1S/C10H11N3O4S/c1-6-4-10(14)13(12-6)7-2-3-9(8(11)5-7)18(15,16)17/h2-5,12H,11H2,1H3,(H,15,16,17). The smallest absolute Gasteiger partial charge is 0.296 e. The minimum absolute atomic E-state index is 0.130. The van der Waals surface area contributed by atoms with E-state index >= 15 is 0 Å². The maximum Gasteiger partial charge on any atom is 0.296 e. The Kier molecular flexibility index (Phi) is 2.76. The molecule has 0 saturated heterocycles. The van der Waals surface area contributed by atoms with Crippen LogP contribution in [0.4, 0.5) is 5.69 Å². The van der Waals surface area contributed by atoms with Gasteiger partial charge in [-0.3, -0.25) is 14.4 Å². The number of nitrogens with one attached hydrogen (secondary N) is 1. The highest BCUT2D eigenvalue weighted by atomic mass is 32.2. The second-order valence-electron chi connectivity index (χ2n) is 3.81. The third kappa shape index (κ3) is 2.15. The highest BCUT2D eigenvalue weighted by molar-refractivity contribution is 7.86. The van der Waals surface area contributed by atoms with Crippen LogP contribution >= 0.6 is 0 Å². The molecule has 1 heterocycles. The van der Waals surface area contributed by atoms with Gasteiger partial charge in [0.05, 0.1) is 11.4 Å². The fraction of sp³-hybridized carbons (Fsp3) is 0.100. The van der Waals surface area contributed by atoms with E-state index in [0.29, 0.717) is 11.4 Å². The number of hydrogen-bond donors (Lipinski definition) is 3. The first-order chi connectivity index (χ1) is 8.29. The van der Waals surface area contributed by atoms with Gasteiger partial charge in [0.1, 0.15) is 4.90 Å². The zero-order chi connectivity index (χ0) is 13.5. The molecule has 96 valence electrons. The van der Waals surface area contributed by atoms with E-state index in [1.165, 1.54) is 22.9 Å². The molecule has 0 aliphatic heterocycles. The maximum atomic E-state index is 11.6. The quantitative estimate of drug-likeness (QED) is 0.535. The molecule has 0 aliphatic rings. The van der Waals surface area contributed by atoms with Gasteiger partial charge >= 0.3 is 0 Å². The Balaban J connectivity index is 2.60. The molecule has 2 aromatic rings. The molecule has 0 radical (unpaired) electrons. The molecule has 18 heavy (non-hydrogen) atoms. The van der Waals surface area contributed by atoms with Gasteiger partial charge in [0.25, 0.3) is 15.7 Å². The van der Waals surface area contributed by atoms with Gasteiger partial charge in [-0.05, 0) is 25.1 Å². The Morgan fingerprint density at radius 1 is 1.33 bits per heavy atom. The molecule has 0 bridgehead atoms. The Morgan fingerprint density at radius 3 is 2.44 bits per heavy atom. The van der Waals surface area contributed by atoms with Crippen molar-refractivity contribution in [3.05, 3.63) is 40.3 Å². The zero-order valence-electron chi connectivity index (χ0n) is 9.41. The summed E-state index contributed by atoms with van der Waals surface area (Å²) in [5.41, 5.74) is 6.17. The maximum absolute atomic E-state index is 11.6. The number of hydrogen-bond acceptors (Lipinski definition) is 4. The van der Waals surface area contributed by atoms with Crippen LogP contribution in [-0.4, -0.2) is 22.8 Å². The minimum Gasteiger partial charge on any atom is -0.398 e. The molecule has 0 unspecified atom stereocenters.